The van der Waals surface area contributed by atoms with Gasteiger partial charge >= 0.3 is 5.97 Å². The van der Waals surface area contributed by atoms with Gasteiger partial charge in [-0.2, -0.15) is 0 Å². The van der Waals surface area contributed by atoms with E-state index in [1.807, 2.05) is 22.6 Å². The van der Waals surface area contributed by atoms with E-state index in [4.69, 9.17) is 11.6 Å². The third-order valence-electron chi connectivity index (χ3n) is 2.69. The molecule has 0 aliphatic heterocycles. The van der Waals surface area contributed by atoms with Crippen molar-refractivity contribution in [3.63, 3.8) is 0 Å². The number of rotatable bonds is 3. The van der Waals surface area contributed by atoms with Crippen molar-refractivity contribution in [2.75, 3.05) is 7.11 Å². The molecular weight excluding hydrogens is 405 g/mol. The Morgan fingerprint density at radius 3 is 2.76 bits per heavy atom. The normalized spacial score (nSPS) is 10.8. The minimum atomic E-state index is -0.503. The summed E-state index contributed by atoms with van der Waals surface area (Å²) in [6, 6.07) is 10.0. The lowest BCUT2D eigenvalue weighted by atomic mass is 10.2. The fourth-order valence-corrected chi connectivity index (χ4v) is 2.35. The van der Waals surface area contributed by atoms with Crippen molar-refractivity contribution >= 4 is 52.1 Å². The van der Waals surface area contributed by atoms with Crippen molar-refractivity contribution < 1.29 is 14.6 Å². The van der Waals surface area contributed by atoms with Crippen molar-refractivity contribution in [3.8, 4) is 5.75 Å². The molecule has 21 heavy (non-hydrogen) atoms. The van der Waals surface area contributed by atoms with Crippen LogP contribution < -0.4 is 0 Å². The van der Waals surface area contributed by atoms with Crippen LogP contribution in [0.15, 0.2) is 41.4 Å². The van der Waals surface area contributed by atoms with Gasteiger partial charge in [0.1, 0.15) is 5.75 Å². The highest BCUT2D eigenvalue weighted by atomic mass is 127. The van der Waals surface area contributed by atoms with Gasteiger partial charge in [-0.3, -0.25) is 4.99 Å². The number of carbonyl (C=O) groups is 1. The number of hydrogen-bond acceptors (Lipinski definition) is 4. The van der Waals surface area contributed by atoms with Gasteiger partial charge in [-0.15, -0.1) is 0 Å². The van der Waals surface area contributed by atoms with Gasteiger partial charge in [-0.05, 0) is 64.6 Å². The van der Waals surface area contributed by atoms with Crippen LogP contribution >= 0.6 is 34.2 Å². The predicted molar refractivity (Wildman–Crippen MR) is 90.9 cm³/mol. The number of carbonyl (C=O) groups excluding carboxylic acids is 1. The molecule has 4 nitrogen and oxygen atoms in total. The molecule has 2 aromatic carbocycles. The Morgan fingerprint density at radius 1 is 1.33 bits per heavy atom. The first-order valence-electron chi connectivity index (χ1n) is 5.91. The highest BCUT2D eigenvalue weighted by molar-refractivity contribution is 14.1. The Labute approximate surface area is 140 Å². The Balaban J connectivity index is 2.28. The summed E-state index contributed by atoms with van der Waals surface area (Å²) in [5.74, 6) is -0.275. The van der Waals surface area contributed by atoms with Crippen LogP contribution in [0.1, 0.15) is 15.9 Å². The second-order valence-corrected chi connectivity index (χ2v) is 5.69. The van der Waals surface area contributed by atoms with Crippen LogP contribution in [0, 0.1) is 3.57 Å². The van der Waals surface area contributed by atoms with E-state index in [9.17, 15) is 9.90 Å². The molecule has 0 unspecified atom stereocenters. The number of phenols is 1. The summed E-state index contributed by atoms with van der Waals surface area (Å²) in [4.78, 5) is 15.8. The molecule has 0 atom stereocenters. The van der Waals surface area contributed by atoms with E-state index < -0.39 is 5.97 Å². The molecule has 6 heteroatoms. The van der Waals surface area contributed by atoms with E-state index in [1.54, 1.807) is 42.6 Å². The Morgan fingerprint density at radius 2 is 2.10 bits per heavy atom. The molecule has 0 aliphatic carbocycles. The van der Waals surface area contributed by atoms with Crippen LogP contribution in [0.25, 0.3) is 0 Å². The van der Waals surface area contributed by atoms with Crippen LogP contribution in [-0.2, 0) is 4.74 Å². The molecule has 0 saturated carbocycles. The number of phenolic OH excluding ortho intramolecular Hbond substituents is 1. The van der Waals surface area contributed by atoms with Gasteiger partial charge in [0.15, 0.2) is 0 Å². The van der Waals surface area contributed by atoms with Crippen LogP contribution in [0.2, 0.25) is 5.02 Å². The molecule has 2 aromatic rings. The molecule has 0 saturated heterocycles. The molecular formula is C15H11ClINO3. The summed E-state index contributed by atoms with van der Waals surface area (Å²) in [6.07, 6.45) is 1.64. The minimum Gasteiger partial charge on any atom is -0.507 e. The number of nitrogens with zero attached hydrogens (tertiary/aromatic N) is 1. The topological polar surface area (TPSA) is 58.9 Å². The largest absolute Gasteiger partial charge is 0.507 e. The first-order valence-corrected chi connectivity index (χ1v) is 7.37. The van der Waals surface area contributed by atoms with Crippen molar-refractivity contribution in [3.05, 3.63) is 56.1 Å². The molecule has 0 amide bonds. The second kappa shape index (κ2) is 6.91. The average molecular weight is 416 g/mol. The average Bonchev–Trinajstić information content (AvgIpc) is 2.49. The number of aliphatic imine (C=N–C) groups is 1. The van der Waals surface area contributed by atoms with Gasteiger partial charge < -0.3 is 9.84 Å². The van der Waals surface area contributed by atoms with Crippen LogP contribution in [0.4, 0.5) is 5.69 Å². The smallest absolute Gasteiger partial charge is 0.339 e. The molecule has 0 aromatic heterocycles. The summed E-state index contributed by atoms with van der Waals surface area (Å²) in [5.41, 5.74) is 1.70. The zero-order valence-corrected chi connectivity index (χ0v) is 13.9. The zero-order valence-electron chi connectivity index (χ0n) is 11.0. The highest BCUT2D eigenvalue weighted by Crippen LogP contribution is 2.24. The van der Waals surface area contributed by atoms with E-state index in [1.165, 1.54) is 7.11 Å². The van der Waals surface area contributed by atoms with Gasteiger partial charge in [-0.25, -0.2) is 4.79 Å². The van der Waals surface area contributed by atoms with Gasteiger partial charge in [-0.1, -0.05) is 11.6 Å². The fraction of sp³-hybridized carbons (Fsp3) is 0.0667. The maximum Gasteiger partial charge on any atom is 0.339 e. The molecule has 108 valence electrons. The lowest BCUT2D eigenvalue weighted by Crippen LogP contribution is -2.01. The van der Waals surface area contributed by atoms with E-state index in [2.05, 4.69) is 9.73 Å². The van der Waals surface area contributed by atoms with Gasteiger partial charge in [0.05, 0.1) is 27.0 Å². The Kier molecular flexibility index (Phi) is 5.19. The third kappa shape index (κ3) is 3.95. The summed E-state index contributed by atoms with van der Waals surface area (Å²) in [7, 11) is 1.30. The maximum absolute atomic E-state index is 11.6. The Hall–Kier alpha value is -1.60. The van der Waals surface area contributed by atoms with Crippen LogP contribution in [0.5, 0.6) is 5.75 Å². The predicted octanol–water partition coefficient (Wildman–Crippen LogP) is 4.19. The number of esters is 1. The monoisotopic (exact) mass is 415 g/mol. The van der Waals surface area contributed by atoms with Gasteiger partial charge in [0.2, 0.25) is 0 Å². The number of halogens is 2. The van der Waals surface area contributed by atoms with Crippen LogP contribution in [-0.4, -0.2) is 24.4 Å². The highest BCUT2D eigenvalue weighted by Gasteiger charge is 2.10. The molecule has 2 rings (SSSR count). The van der Waals surface area contributed by atoms with Crippen LogP contribution in [0.3, 0.4) is 0 Å². The number of aromatic hydroxyl groups is 1. The van der Waals surface area contributed by atoms with Crippen molar-refractivity contribution in [1.29, 1.82) is 0 Å². The van der Waals surface area contributed by atoms with Crippen molar-refractivity contribution in [1.82, 2.24) is 0 Å². The number of ether oxygens (including phenoxy) is 1. The van der Waals surface area contributed by atoms with E-state index in [0.717, 1.165) is 9.13 Å². The quantitative estimate of drug-likeness (QED) is 0.465. The van der Waals surface area contributed by atoms with E-state index >= 15 is 0 Å². The van der Waals surface area contributed by atoms with Gasteiger partial charge in [0, 0.05) is 6.21 Å². The molecule has 0 spiro atoms. The summed E-state index contributed by atoms with van der Waals surface area (Å²) >= 11 is 7.98. The number of methoxy groups -OCH3 is 1. The first kappa shape index (κ1) is 15.8. The molecule has 0 fully saturated rings. The lowest BCUT2D eigenvalue weighted by Gasteiger charge is -2.03. The molecule has 0 aliphatic rings. The van der Waals surface area contributed by atoms with Gasteiger partial charge in [0.25, 0.3) is 0 Å². The second-order valence-electron chi connectivity index (χ2n) is 4.12. The number of hydrogen-bond donors (Lipinski definition) is 1. The molecule has 0 radical (unpaired) electrons. The minimum absolute atomic E-state index is 0.229. The fourth-order valence-electron chi connectivity index (χ4n) is 1.61. The summed E-state index contributed by atoms with van der Waals surface area (Å²) in [5, 5.41) is 9.79. The van der Waals surface area contributed by atoms with Crippen molar-refractivity contribution in [2.24, 2.45) is 4.99 Å². The Bertz CT molecular complexity index is 716. The number of benzene rings is 2. The third-order valence-corrected chi connectivity index (χ3v) is 3.88. The standard InChI is InChI=1S/C15H11ClINO3/c1-21-15(20)11-7-10(3-4-12(11)16)18-8-9-2-5-14(19)13(17)6-9/h2-8,19H,1H3. The molecule has 0 heterocycles. The maximum atomic E-state index is 11.6. The zero-order chi connectivity index (χ0) is 15.4. The SMILES string of the molecule is COC(=O)c1cc(N=Cc2ccc(O)c(I)c2)ccc1Cl. The molecule has 1 N–H and O–H groups in total. The first-order chi connectivity index (χ1) is 10.0. The van der Waals surface area contributed by atoms with E-state index in [0.29, 0.717) is 10.7 Å². The van der Waals surface area contributed by atoms with E-state index in [-0.39, 0.29) is 11.3 Å². The summed E-state index contributed by atoms with van der Waals surface area (Å²) in [6.45, 7) is 0. The van der Waals surface area contributed by atoms with Crippen molar-refractivity contribution in [2.45, 2.75) is 0 Å². The summed E-state index contributed by atoms with van der Waals surface area (Å²) < 4.78 is 5.40. The molecule has 0 bridgehead atoms. The lowest BCUT2D eigenvalue weighted by molar-refractivity contribution is 0.0601.